The molecular formula is C29H38BrNO3S. The topological polar surface area (TPSA) is 59.3 Å². The molecule has 35 heavy (non-hydrogen) atoms. The minimum Gasteiger partial charge on any atom is -0.489 e. The lowest BCUT2D eigenvalue weighted by molar-refractivity contribution is -0.140. The molecule has 4 nitrogen and oxygen atoms in total. The first-order valence-corrected chi connectivity index (χ1v) is 13.9. The lowest BCUT2D eigenvalue weighted by Gasteiger charge is -2.09. The van der Waals surface area contributed by atoms with Crippen LogP contribution in [0.5, 0.6) is 5.75 Å². The highest BCUT2D eigenvalue weighted by Crippen LogP contribution is 2.37. The number of methoxy groups -OCH3 is 1. The average Bonchev–Trinajstić information content (AvgIpc) is 3.73. The van der Waals surface area contributed by atoms with Crippen molar-refractivity contribution < 1.29 is 14.3 Å². The van der Waals surface area contributed by atoms with Gasteiger partial charge in [-0.1, -0.05) is 57.7 Å². The number of rotatable bonds is 9. The van der Waals surface area contributed by atoms with Crippen molar-refractivity contribution in [3.8, 4) is 11.8 Å². The normalized spacial score (nSPS) is 11.7. The lowest BCUT2D eigenvalue weighted by Crippen LogP contribution is -2.02. The summed E-state index contributed by atoms with van der Waals surface area (Å²) in [5, 5.41) is 11.4. The lowest BCUT2D eigenvalue weighted by atomic mass is 10.0. The van der Waals surface area contributed by atoms with Crippen molar-refractivity contribution in [2.75, 3.05) is 7.11 Å². The van der Waals surface area contributed by atoms with Gasteiger partial charge in [-0.05, 0) is 77.3 Å². The Labute approximate surface area is 223 Å². The van der Waals surface area contributed by atoms with Gasteiger partial charge in [-0.2, -0.15) is 5.26 Å². The molecule has 1 aromatic carbocycles. The summed E-state index contributed by atoms with van der Waals surface area (Å²) in [5.41, 5.74) is 5.07. The van der Waals surface area contributed by atoms with Crippen LogP contribution >= 0.6 is 27.3 Å². The number of carbonyl (C=O) groups is 1. The number of hydrogen-bond donors (Lipinski definition) is 0. The Morgan fingerprint density at radius 2 is 1.91 bits per heavy atom. The van der Waals surface area contributed by atoms with Crippen LogP contribution in [0.15, 0.2) is 51.3 Å². The van der Waals surface area contributed by atoms with Crippen LogP contribution in [0.2, 0.25) is 0 Å². The van der Waals surface area contributed by atoms with E-state index in [0.29, 0.717) is 25.9 Å². The number of benzene rings is 1. The van der Waals surface area contributed by atoms with Gasteiger partial charge in [0.15, 0.2) is 0 Å². The van der Waals surface area contributed by atoms with Crippen LogP contribution < -0.4 is 4.74 Å². The first-order chi connectivity index (χ1) is 16.9. The number of allylic oxidation sites excluding steroid dienone is 4. The van der Waals surface area contributed by atoms with Crippen LogP contribution in [0.4, 0.5) is 0 Å². The molecule has 0 bridgehead atoms. The minimum absolute atomic E-state index is 0.220. The second-order valence-corrected chi connectivity index (χ2v) is 9.70. The minimum atomic E-state index is -0.220. The summed E-state index contributed by atoms with van der Waals surface area (Å²) in [5.74, 6) is 0.542. The van der Waals surface area contributed by atoms with E-state index in [4.69, 9.17) is 9.47 Å². The number of carbonyl (C=O) groups excluding carboxylic acids is 1. The molecule has 6 heteroatoms. The van der Waals surface area contributed by atoms with Crippen molar-refractivity contribution in [2.45, 2.75) is 79.8 Å². The molecule has 0 aliphatic heterocycles. The highest BCUT2D eigenvalue weighted by atomic mass is 79.9. The zero-order valence-electron chi connectivity index (χ0n) is 21.9. The standard InChI is InChI=1S/C24H26BrNO3S.C3H6.C2H6/c1-5-17(13-26)12-21(16(2)3)24-23(25)19(15-30-24)14-29-20-8-6-7-18(11-20)9-10-22(27)28-4;1-2-3-1;1-2/h6-8,11-12,15H,5,9-10,14H2,1-4H3;1-3H2;1-2H3/b17-12+;;. The predicted molar refractivity (Wildman–Crippen MR) is 151 cm³/mol. The van der Waals surface area contributed by atoms with Crippen molar-refractivity contribution in [1.82, 2.24) is 0 Å². The SMILES string of the molecule is C1CC1.CC.CC/C(C#N)=C\C(=C(C)C)c1scc(COc2cccc(CCC(=O)OC)c2)c1Br. The number of hydrogen-bond acceptors (Lipinski definition) is 5. The van der Waals surface area contributed by atoms with E-state index in [-0.39, 0.29) is 5.97 Å². The second kappa shape index (κ2) is 17.1. The fourth-order valence-electron chi connectivity index (χ4n) is 2.78. The van der Waals surface area contributed by atoms with Crippen molar-refractivity contribution in [3.63, 3.8) is 0 Å². The number of nitriles is 1. The van der Waals surface area contributed by atoms with Crippen molar-refractivity contribution in [2.24, 2.45) is 0 Å². The molecule has 0 saturated heterocycles. The summed E-state index contributed by atoms with van der Waals surface area (Å²) in [6.45, 7) is 10.5. The Hall–Kier alpha value is -2.36. The third-order valence-electron chi connectivity index (χ3n) is 4.92. The van der Waals surface area contributed by atoms with E-state index in [1.807, 2.05) is 51.1 Å². The van der Waals surface area contributed by atoms with Gasteiger partial charge in [-0.15, -0.1) is 11.3 Å². The zero-order valence-corrected chi connectivity index (χ0v) is 24.3. The zero-order chi connectivity index (χ0) is 26.2. The van der Waals surface area contributed by atoms with Gasteiger partial charge in [-0.3, -0.25) is 4.79 Å². The Kier molecular flexibility index (Phi) is 15.0. The van der Waals surface area contributed by atoms with Gasteiger partial charge in [0.1, 0.15) is 12.4 Å². The number of esters is 1. The molecule has 0 amide bonds. The highest BCUT2D eigenvalue weighted by Gasteiger charge is 2.14. The first-order valence-electron chi connectivity index (χ1n) is 12.2. The van der Waals surface area contributed by atoms with E-state index in [0.717, 1.165) is 42.9 Å². The molecule has 1 fully saturated rings. The number of thiophene rings is 1. The molecule has 1 heterocycles. The number of ether oxygens (including phenoxy) is 2. The van der Waals surface area contributed by atoms with Gasteiger partial charge in [0.25, 0.3) is 0 Å². The molecule has 0 atom stereocenters. The molecule has 1 aliphatic rings. The maximum atomic E-state index is 11.3. The van der Waals surface area contributed by atoms with Gasteiger partial charge >= 0.3 is 5.97 Å². The quantitative estimate of drug-likeness (QED) is 0.174. The van der Waals surface area contributed by atoms with Gasteiger partial charge in [0, 0.05) is 26.9 Å². The molecule has 1 saturated carbocycles. The monoisotopic (exact) mass is 559 g/mol. The Balaban J connectivity index is 0.00000111. The molecule has 1 aromatic heterocycles. The van der Waals surface area contributed by atoms with Gasteiger partial charge < -0.3 is 9.47 Å². The van der Waals surface area contributed by atoms with E-state index < -0.39 is 0 Å². The van der Waals surface area contributed by atoms with Crippen LogP contribution in [0.3, 0.4) is 0 Å². The van der Waals surface area contributed by atoms with Crippen LogP contribution in [-0.4, -0.2) is 13.1 Å². The van der Waals surface area contributed by atoms with Crippen LogP contribution in [0, 0.1) is 11.3 Å². The third-order valence-corrected chi connectivity index (χ3v) is 7.15. The van der Waals surface area contributed by atoms with Crippen LogP contribution in [0.25, 0.3) is 5.57 Å². The number of nitrogens with zero attached hydrogens (tertiary/aromatic N) is 1. The van der Waals surface area contributed by atoms with Crippen molar-refractivity contribution in [3.05, 3.63) is 67.3 Å². The van der Waals surface area contributed by atoms with Crippen molar-refractivity contribution in [1.29, 1.82) is 5.26 Å². The summed E-state index contributed by atoms with van der Waals surface area (Å²) in [4.78, 5) is 12.4. The molecule has 1 aliphatic carbocycles. The molecule has 2 aromatic rings. The van der Waals surface area contributed by atoms with E-state index in [2.05, 4.69) is 41.2 Å². The number of aryl methyl sites for hydroxylation is 1. The first kappa shape index (κ1) is 30.7. The summed E-state index contributed by atoms with van der Waals surface area (Å²) in [6, 6.07) is 10.0. The summed E-state index contributed by atoms with van der Waals surface area (Å²) < 4.78 is 11.7. The van der Waals surface area contributed by atoms with E-state index >= 15 is 0 Å². The fraction of sp³-hybridized carbons (Fsp3) is 0.448. The Morgan fingerprint density at radius 1 is 1.23 bits per heavy atom. The van der Waals surface area contributed by atoms with Crippen LogP contribution in [-0.2, 0) is 22.6 Å². The molecule has 0 N–H and O–H groups in total. The van der Waals surface area contributed by atoms with Crippen molar-refractivity contribution >= 4 is 38.8 Å². The maximum absolute atomic E-state index is 11.3. The third kappa shape index (κ3) is 11.3. The van der Waals surface area contributed by atoms with Gasteiger partial charge in [-0.25, -0.2) is 0 Å². The van der Waals surface area contributed by atoms with Gasteiger partial charge in [0.05, 0.1) is 13.2 Å². The molecule has 3 rings (SSSR count). The van der Waals surface area contributed by atoms with Crippen LogP contribution in [0.1, 0.15) is 82.7 Å². The summed E-state index contributed by atoms with van der Waals surface area (Å²) >= 11 is 5.36. The molecule has 0 unspecified atom stereocenters. The Bertz CT molecular complexity index is 1040. The van der Waals surface area contributed by atoms with E-state index in [9.17, 15) is 10.1 Å². The molecule has 0 radical (unpaired) electrons. The Morgan fingerprint density at radius 3 is 2.46 bits per heavy atom. The highest BCUT2D eigenvalue weighted by molar-refractivity contribution is 9.10. The molecule has 190 valence electrons. The summed E-state index contributed by atoms with van der Waals surface area (Å²) in [7, 11) is 1.40. The fourth-order valence-corrected chi connectivity index (χ4v) is 4.73. The summed E-state index contributed by atoms with van der Waals surface area (Å²) in [6.07, 6.45) is 8.14. The molecule has 0 spiro atoms. The maximum Gasteiger partial charge on any atom is 0.305 e. The van der Waals surface area contributed by atoms with Gasteiger partial charge in [0.2, 0.25) is 0 Å². The average molecular weight is 561 g/mol. The van der Waals surface area contributed by atoms with E-state index in [1.165, 1.54) is 26.4 Å². The second-order valence-electron chi connectivity index (χ2n) is 8.03. The largest absolute Gasteiger partial charge is 0.489 e. The number of halogens is 1. The predicted octanol–water partition coefficient (Wildman–Crippen LogP) is 9.05. The smallest absolute Gasteiger partial charge is 0.305 e. The molecular weight excluding hydrogens is 522 g/mol. The van der Waals surface area contributed by atoms with E-state index in [1.54, 1.807) is 11.3 Å².